The maximum Gasteiger partial charge on any atom is 0.292 e. The van der Waals surface area contributed by atoms with Crippen molar-refractivity contribution >= 4 is 34.5 Å². The second-order valence-electron chi connectivity index (χ2n) is 7.64. The number of carbonyl (C=O) groups excluding carboxylic acids is 2. The molecule has 4 aromatic rings. The van der Waals surface area contributed by atoms with Gasteiger partial charge in [-0.1, -0.05) is 35.1 Å². The van der Waals surface area contributed by atoms with Crippen LogP contribution in [0, 0.1) is 6.92 Å². The van der Waals surface area contributed by atoms with E-state index in [1.807, 2.05) is 24.3 Å². The lowest BCUT2D eigenvalue weighted by atomic mass is 10.1. The van der Waals surface area contributed by atoms with Crippen LogP contribution in [-0.4, -0.2) is 62.9 Å². The minimum atomic E-state index is -0.216. The second kappa shape index (κ2) is 9.07. The monoisotopic (exact) mass is 463 g/mol. The number of aryl methyl sites for hydroxylation is 1. The summed E-state index contributed by atoms with van der Waals surface area (Å²) in [6.45, 7) is 3.40. The minimum Gasteiger partial charge on any atom is -0.451 e. The number of aromatic nitrogens is 3. The van der Waals surface area contributed by atoms with Gasteiger partial charge in [-0.25, -0.2) is 9.97 Å². The molecule has 1 aliphatic rings. The van der Waals surface area contributed by atoms with E-state index in [0.29, 0.717) is 54.1 Å². The van der Waals surface area contributed by atoms with Gasteiger partial charge in [0.1, 0.15) is 5.58 Å². The number of para-hydroxylation sites is 1. The van der Waals surface area contributed by atoms with Crippen LogP contribution in [0.2, 0.25) is 0 Å². The van der Waals surface area contributed by atoms with Gasteiger partial charge in [0.25, 0.3) is 11.8 Å². The number of amides is 2. The molecule has 0 saturated carbocycles. The molecule has 0 unspecified atom stereocenters. The number of rotatable bonds is 5. The van der Waals surface area contributed by atoms with Gasteiger partial charge in [0.15, 0.2) is 10.9 Å². The smallest absolute Gasteiger partial charge is 0.292 e. The Kier molecular flexibility index (Phi) is 5.82. The van der Waals surface area contributed by atoms with Crippen molar-refractivity contribution < 1.29 is 18.5 Å². The van der Waals surface area contributed by atoms with E-state index < -0.39 is 0 Å². The van der Waals surface area contributed by atoms with E-state index in [0.717, 1.165) is 10.9 Å². The molecule has 1 saturated heterocycles. The first-order valence-corrected chi connectivity index (χ1v) is 11.5. The van der Waals surface area contributed by atoms with Crippen LogP contribution >= 0.6 is 11.8 Å². The van der Waals surface area contributed by atoms with Gasteiger partial charge in [0.2, 0.25) is 5.76 Å². The van der Waals surface area contributed by atoms with E-state index in [4.69, 9.17) is 8.94 Å². The maximum atomic E-state index is 13.4. The third-order valence-corrected chi connectivity index (χ3v) is 6.38. The van der Waals surface area contributed by atoms with Gasteiger partial charge < -0.3 is 18.7 Å². The molecule has 0 spiro atoms. The highest BCUT2D eigenvalue weighted by Gasteiger charge is 2.30. The van der Waals surface area contributed by atoms with Crippen molar-refractivity contribution in [3.8, 4) is 0 Å². The number of hydrogen-bond donors (Lipinski definition) is 0. The summed E-state index contributed by atoms with van der Waals surface area (Å²) in [5.41, 5.74) is 2.15. The average molecular weight is 464 g/mol. The number of piperazine rings is 1. The third kappa shape index (κ3) is 4.34. The van der Waals surface area contributed by atoms with E-state index in [9.17, 15) is 9.59 Å². The van der Waals surface area contributed by atoms with Gasteiger partial charge in [0.05, 0.1) is 5.69 Å². The first kappa shape index (κ1) is 21.2. The van der Waals surface area contributed by atoms with Gasteiger partial charge in [-0.2, -0.15) is 0 Å². The van der Waals surface area contributed by atoms with Crippen molar-refractivity contribution in [2.75, 3.05) is 26.2 Å². The Hall–Kier alpha value is -3.66. The summed E-state index contributed by atoms with van der Waals surface area (Å²) < 4.78 is 11.1. The standard InChI is InChI=1S/C23H21N5O4S/c1-15-13-19(32-26-15)21(29)27-9-11-28(12-10-27)22(30)20-17(14-33-23-24-7-4-8-25-23)16-5-2-3-6-18(16)31-20/h2-8,13H,9-12,14H2,1H3. The van der Waals surface area contributed by atoms with Crippen molar-refractivity contribution in [3.63, 3.8) is 0 Å². The summed E-state index contributed by atoms with van der Waals surface area (Å²) in [5.74, 6) is 0.646. The van der Waals surface area contributed by atoms with Crippen LogP contribution in [0.5, 0.6) is 0 Å². The molecular formula is C23H21N5O4S. The SMILES string of the molecule is Cc1cc(C(=O)N2CCN(C(=O)c3oc4ccccc4c3CSc3ncccn3)CC2)on1. The lowest BCUT2D eigenvalue weighted by Crippen LogP contribution is -2.50. The van der Waals surface area contributed by atoms with E-state index >= 15 is 0 Å². The molecule has 10 heteroatoms. The lowest BCUT2D eigenvalue weighted by molar-refractivity contribution is 0.0498. The number of nitrogens with zero attached hydrogens (tertiary/aromatic N) is 5. The summed E-state index contributed by atoms with van der Waals surface area (Å²) in [6, 6.07) is 11.0. The Bertz CT molecular complexity index is 1290. The fourth-order valence-corrected chi connectivity index (χ4v) is 4.62. The van der Waals surface area contributed by atoms with Crippen LogP contribution in [0.1, 0.15) is 32.4 Å². The molecule has 0 N–H and O–H groups in total. The number of benzene rings is 1. The molecule has 0 radical (unpaired) electrons. The number of thioether (sulfide) groups is 1. The van der Waals surface area contributed by atoms with Gasteiger partial charge in [-0.05, 0) is 19.1 Å². The van der Waals surface area contributed by atoms with Crippen LogP contribution in [-0.2, 0) is 5.75 Å². The summed E-state index contributed by atoms with van der Waals surface area (Å²) in [6.07, 6.45) is 3.38. The summed E-state index contributed by atoms with van der Waals surface area (Å²) >= 11 is 1.45. The molecule has 1 aliphatic heterocycles. The predicted molar refractivity (Wildman–Crippen MR) is 121 cm³/mol. The van der Waals surface area contributed by atoms with Crippen LogP contribution in [0.15, 0.2) is 62.9 Å². The Morgan fingerprint density at radius 3 is 2.39 bits per heavy atom. The lowest BCUT2D eigenvalue weighted by Gasteiger charge is -2.33. The topological polar surface area (TPSA) is 106 Å². The highest BCUT2D eigenvalue weighted by molar-refractivity contribution is 7.98. The van der Waals surface area contributed by atoms with Crippen LogP contribution in [0.3, 0.4) is 0 Å². The number of fused-ring (bicyclic) bond motifs is 1. The largest absolute Gasteiger partial charge is 0.451 e. The molecule has 1 aromatic carbocycles. The molecule has 33 heavy (non-hydrogen) atoms. The van der Waals surface area contributed by atoms with E-state index in [1.54, 1.807) is 41.2 Å². The Labute approximate surface area is 193 Å². The van der Waals surface area contributed by atoms with Crippen molar-refractivity contribution in [2.24, 2.45) is 0 Å². The van der Waals surface area contributed by atoms with Gasteiger partial charge in [0, 0.05) is 61.3 Å². The van der Waals surface area contributed by atoms with Gasteiger partial charge in [-0.15, -0.1) is 0 Å². The van der Waals surface area contributed by atoms with Crippen LogP contribution < -0.4 is 0 Å². The Balaban J connectivity index is 1.32. The Morgan fingerprint density at radius 2 is 1.70 bits per heavy atom. The minimum absolute atomic E-state index is 0.182. The summed E-state index contributed by atoms with van der Waals surface area (Å²) in [5, 5.41) is 5.31. The molecule has 1 fully saturated rings. The normalized spacial score (nSPS) is 14.1. The first-order chi connectivity index (χ1) is 16.1. The van der Waals surface area contributed by atoms with E-state index in [1.165, 1.54) is 11.8 Å². The quantitative estimate of drug-likeness (QED) is 0.327. The maximum absolute atomic E-state index is 13.4. The summed E-state index contributed by atoms with van der Waals surface area (Å²) in [4.78, 5) is 37.9. The molecule has 168 valence electrons. The first-order valence-electron chi connectivity index (χ1n) is 10.5. The number of furan rings is 1. The van der Waals surface area contributed by atoms with E-state index in [-0.39, 0.29) is 17.6 Å². The zero-order valence-corrected chi connectivity index (χ0v) is 18.7. The molecule has 9 nitrogen and oxygen atoms in total. The van der Waals surface area contributed by atoms with Crippen molar-refractivity contribution in [1.29, 1.82) is 0 Å². The van der Waals surface area contributed by atoms with Gasteiger partial charge in [-0.3, -0.25) is 9.59 Å². The molecular weight excluding hydrogens is 442 g/mol. The molecule has 0 atom stereocenters. The zero-order chi connectivity index (χ0) is 22.8. The van der Waals surface area contributed by atoms with Crippen LogP contribution in [0.25, 0.3) is 11.0 Å². The molecule has 0 bridgehead atoms. The van der Waals surface area contributed by atoms with Gasteiger partial charge >= 0.3 is 0 Å². The van der Waals surface area contributed by atoms with Crippen molar-refractivity contribution in [1.82, 2.24) is 24.9 Å². The zero-order valence-electron chi connectivity index (χ0n) is 17.9. The average Bonchev–Trinajstić information content (AvgIpc) is 3.46. The Morgan fingerprint density at radius 1 is 1.00 bits per heavy atom. The molecule has 5 rings (SSSR count). The highest BCUT2D eigenvalue weighted by atomic mass is 32.2. The highest BCUT2D eigenvalue weighted by Crippen LogP contribution is 2.32. The van der Waals surface area contributed by atoms with Crippen LogP contribution in [0.4, 0.5) is 0 Å². The van der Waals surface area contributed by atoms with Crippen molar-refractivity contribution in [2.45, 2.75) is 17.8 Å². The summed E-state index contributed by atoms with van der Waals surface area (Å²) in [7, 11) is 0. The number of hydrogen-bond acceptors (Lipinski definition) is 8. The van der Waals surface area contributed by atoms with Crippen molar-refractivity contribution in [3.05, 3.63) is 71.6 Å². The molecule has 4 heterocycles. The van der Waals surface area contributed by atoms with E-state index in [2.05, 4.69) is 15.1 Å². The second-order valence-corrected chi connectivity index (χ2v) is 8.59. The molecule has 2 amide bonds. The molecule has 0 aliphatic carbocycles. The number of carbonyl (C=O) groups is 2. The fraction of sp³-hybridized carbons (Fsp3) is 0.261. The predicted octanol–water partition coefficient (Wildman–Crippen LogP) is 3.41. The molecule has 3 aromatic heterocycles. The fourth-order valence-electron chi connectivity index (χ4n) is 3.79. The third-order valence-electron chi connectivity index (χ3n) is 5.47.